The molecule has 5 heteroatoms. The molecule has 0 saturated carbocycles. The van der Waals surface area contributed by atoms with E-state index in [1.54, 1.807) is 6.92 Å². The predicted octanol–water partition coefficient (Wildman–Crippen LogP) is -0.164. The number of nitrogens with one attached hydrogen (secondary N) is 1. The molecule has 0 saturated heterocycles. The van der Waals surface area contributed by atoms with Crippen molar-refractivity contribution in [2.24, 2.45) is 0 Å². The maximum Gasteiger partial charge on any atom is 0.340 e. The van der Waals surface area contributed by atoms with Crippen LogP contribution in [0.25, 0.3) is 0 Å². The number of aliphatic carboxylic acids is 1. The van der Waals surface area contributed by atoms with Gasteiger partial charge in [-0.25, -0.2) is 9.78 Å². The average molecular weight is 156 g/mol. The number of aliphatic hydroxyl groups is 1. The van der Waals surface area contributed by atoms with Crippen LogP contribution in [0.15, 0.2) is 6.20 Å². The maximum atomic E-state index is 10.2. The lowest BCUT2D eigenvalue weighted by atomic mass is 10.3. The molecule has 1 atom stereocenters. The number of carboxylic acid groups (broad SMARTS) is 1. The minimum absolute atomic E-state index is 0.0648. The summed E-state index contributed by atoms with van der Waals surface area (Å²) in [5.41, 5.74) is 0.723. The molecule has 1 unspecified atom stereocenters. The zero-order chi connectivity index (χ0) is 8.43. The first-order chi connectivity index (χ1) is 5.11. The second kappa shape index (κ2) is 2.71. The standard InChI is InChI=1S/C6H8N2O3/c1-3-2-7-5(8-3)4(9)6(10)11/h2,4,9H,1H3,(H,7,8)(H,10,11). The quantitative estimate of drug-likeness (QED) is 0.555. The molecule has 5 nitrogen and oxygen atoms in total. The highest BCUT2D eigenvalue weighted by molar-refractivity contribution is 5.72. The molecule has 0 spiro atoms. The zero-order valence-corrected chi connectivity index (χ0v) is 5.90. The summed E-state index contributed by atoms with van der Waals surface area (Å²) < 4.78 is 0. The van der Waals surface area contributed by atoms with Gasteiger partial charge in [0, 0.05) is 11.9 Å². The first-order valence-corrected chi connectivity index (χ1v) is 3.03. The maximum absolute atomic E-state index is 10.2. The number of aryl methyl sites for hydroxylation is 1. The average Bonchev–Trinajstić information content (AvgIpc) is 2.34. The Labute approximate surface area is 62.7 Å². The summed E-state index contributed by atoms with van der Waals surface area (Å²) in [6.07, 6.45) is -0.0923. The number of imidazole rings is 1. The summed E-state index contributed by atoms with van der Waals surface area (Å²) in [6.45, 7) is 1.73. The van der Waals surface area contributed by atoms with Crippen LogP contribution in [-0.4, -0.2) is 26.2 Å². The smallest absolute Gasteiger partial charge is 0.340 e. The van der Waals surface area contributed by atoms with Crippen LogP contribution in [0.2, 0.25) is 0 Å². The van der Waals surface area contributed by atoms with Gasteiger partial charge in [-0.3, -0.25) is 0 Å². The summed E-state index contributed by atoms with van der Waals surface area (Å²) in [4.78, 5) is 16.5. The van der Waals surface area contributed by atoms with E-state index in [1.807, 2.05) is 0 Å². The normalized spacial score (nSPS) is 12.9. The largest absolute Gasteiger partial charge is 0.479 e. The molecule has 1 aromatic heterocycles. The van der Waals surface area contributed by atoms with Crippen LogP contribution in [0.4, 0.5) is 0 Å². The SMILES string of the molecule is Cc1cnc(C(O)C(=O)O)[nH]1. The fraction of sp³-hybridized carbons (Fsp3) is 0.333. The fourth-order valence-electron chi connectivity index (χ4n) is 0.689. The van der Waals surface area contributed by atoms with E-state index in [0.29, 0.717) is 0 Å². The van der Waals surface area contributed by atoms with Crippen molar-refractivity contribution in [3.8, 4) is 0 Å². The highest BCUT2D eigenvalue weighted by Gasteiger charge is 2.18. The van der Waals surface area contributed by atoms with Crippen LogP contribution >= 0.6 is 0 Å². The number of carboxylic acids is 1. The third-order valence-corrected chi connectivity index (χ3v) is 1.22. The van der Waals surface area contributed by atoms with Crippen molar-refractivity contribution in [1.29, 1.82) is 0 Å². The van der Waals surface area contributed by atoms with Crippen molar-refractivity contribution < 1.29 is 15.0 Å². The van der Waals surface area contributed by atoms with Gasteiger partial charge in [-0.15, -0.1) is 0 Å². The molecule has 0 aromatic carbocycles. The minimum Gasteiger partial charge on any atom is -0.479 e. The molecule has 60 valence electrons. The van der Waals surface area contributed by atoms with Crippen LogP contribution in [0.3, 0.4) is 0 Å². The molecule has 0 aliphatic rings. The Bertz CT molecular complexity index is 269. The van der Waals surface area contributed by atoms with Crippen LogP contribution in [0.1, 0.15) is 17.6 Å². The molecule has 1 heterocycles. The topological polar surface area (TPSA) is 86.2 Å². The Morgan fingerprint density at radius 2 is 2.45 bits per heavy atom. The van der Waals surface area contributed by atoms with Crippen molar-refractivity contribution >= 4 is 5.97 Å². The van der Waals surface area contributed by atoms with Gasteiger partial charge in [-0.1, -0.05) is 0 Å². The van der Waals surface area contributed by atoms with E-state index in [4.69, 9.17) is 10.2 Å². The Hall–Kier alpha value is -1.36. The van der Waals surface area contributed by atoms with Crippen LogP contribution in [0, 0.1) is 6.92 Å². The number of H-pyrrole nitrogens is 1. The minimum atomic E-state index is -1.55. The molecule has 0 amide bonds. The van der Waals surface area contributed by atoms with E-state index in [2.05, 4.69) is 9.97 Å². The van der Waals surface area contributed by atoms with E-state index in [-0.39, 0.29) is 5.82 Å². The number of rotatable bonds is 2. The van der Waals surface area contributed by atoms with Gasteiger partial charge in [0.2, 0.25) is 6.10 Å². The highest BCUT2D eigenvalue weighted by atomic mass is 16.4. The molecule has 3 N–H and O–H groups in total. The summed E-state index contributed by atoms with van der Waals surface area (Å²) in [6, 6.07) is 0. The molecule has 0 aliphatic carbocycles. The molecular weight excluding hydrogens is 148 g/mol. The number of hydrogen-bond acceptors (Lipinski definition) is 3. The summed E-state index contributed by atoms with van der Waals surface area (Å²) in [5.74, 6) is -1.24. The van der Waals surface area contributed by atoms with Gasteiger partial charge in [0.15, 0.2) is 0 Å². The molecule has 0 aliphatic heterocycles. The zero-order valence-electron chi connectivity index (χ0n) is 5.90. The van der Waals surface area contributed by atoms with Crippen molar-refractivity contribution in [1.82, 2.24) is 9.97 Å². The first kappa shape index (κ1) is 7.74. The van der Waals surface area contributed by atoms with Crippen molar-refractivity contribution in [3.05, 3.63) is 17.7 Å². The summed E-state index contributed by atoms with van der Waals surface area (Å²) in [5, 5.41) is 17.3. The third-order valence-electron chi connectivity index (χ3n) is 1.22. The van der Waals surface area contributed by atoms with E-state index < -0.39 is 12.1 Å². The number of hydrogen-bond donors (Lipinski definition) is 3. The fourth-order valence-corrected chi connectivity index (χ4v) is 0.689. The first-order valence-electron chi connectivity index (χ1n) is 3.03. The van der Waals surface area contributed by atoms with Crippen molar-refractivity contribution in [2.75, 3.05) is 0 Å². The lowest BCUT2D eigenvalue weighted by molar-refractivity contribution is -0.147. The molecule has 0 fully saturated rings. The van der Waals surface area contributed by atoms with Gasteiger partial charge in [0.1, 0.15) is 5.82 Å². The van der Waals surface area contributed by atoms with Gasteiger partial charge in [-0.2, -0.15) is 0 Å². The second-order valence-corrected chi connectivity index (χ2v) is 2.19. The van der Waals surface area contributed by atoms with E-state index >= 15 is 0 Å². The molecule has 1 aromatic rings. The molecule has 1 rings (SSSR count). The number of aliphatic hydroxyl groups excluding tert-OH is 1. The van der Waals surface area contributed by atoms with E-state index in [9.17, 15) is 4.79 Å². The molecule has 0 bridgehead atoms. The van der Waals surface area contributed by atoms with E-state index in [0.717, 1.165) is 5.69 Å². The Morgan fingerprint density at radius 3 is 2.82 bits per heavy atom. The van der Waals surface area contributed by atoms with Gasteiger partial charge >= 0.3 is 5.97 Å². The second-order valence-electron chi connectivity index (χ2n) is 2.19. The Morgan fingerprint density at radius 1 is 1.82 bits per heavy atom. The predicted molar refractivity (Wildman–Crippen MR) is 35.9 cm³/mol. The van der Waals surface area contributed by atoms with Gasteiger partial charge in [0.25, 0.3) is 0 Å². The van der Waals surface area contributed by atoms with Gasteiger partial charge in [0.05, 0.1) is 0 Å². The van der Waals surface area contributed by atoms with Crippen molar-refractivity contribution in [2.45, 2.75) is 13.0 Å². The highest BCUT2D eigenvalue weighted by Crippen LogP contribution is 2.07. The number of aromatic nitrogens is 2. The third kappa shape index (κ3) is 1.56. The summed E-state index contributed by atoms with van der Waals surface area (Å²) >= 11 is 0. The van der Waals surface area contributed by atoms with Gasteiger partial charge in [-0.05, 0) is 6.92 Å². The lowest BCUT2D eigenvalue weighted by Crippen LogP contribution is -2.11. The van der Waals surface area contributed by atoms with Crippen LogP contribution in [0.5, 0.6) is 0 Å². The van der Waals surface area contributed by atoms with Gasteiger partial charge < -0.3 is 15.2 Å². The monoisotopic (exact) mass is 156 g/mol. The Kier molecular flexibility index (Phi) is 1.91. The van der Waals surface area contributed by atoms with Crippen molar-refractivity contribution in [3.63, 3.8) is 0 Å². The number of carbonyl (C=O) groups is 1. The summed E-state index contributed by atoms with van der Waals surface area (Å²) in [7, 11) is 0. The molecule has 0 radical (unpaired) electrons. The van der Waals surface area contributed by atoms with Crippen LogP contribution < -0.4 is 0 Å². The Balaban J connectivity index is 2.84. The van der Waals surface area contributed by atoms with Crippen LogP contribution in [-0.2, 0) is 4.79 Å². The number of aromatic amines is 1. The lowest BCUT2D eigenvalue weighted by Gasteiger charge is -1.98. The van der Waals surface area contributed by atoms with E-state index in [1.165, 1.54) is 6.20 Å². The number of nitrogens with zero attached hydrogens (tertiary/aromatic N) is 1. The molecular formula is C6H8N2O3. The molecule has 11 heavy (non-hydrogen) atoms.